The van der Waals surface area contributed by atoms with Crippen molar-refractivity contribution in [2.75, 3.05) is 12.8 Å². The number of hydrogen-bond donors (Lipinski definition) is 1. The third kappa shape index (κ3) is 4.03. The van der Waals surface area contributed by atoms with E-state index in [4.69, 9.17) is 4.89 Å². The molecule has 0 aromatic carbocycles. The van der Waals surface area contributed by atoms with Gasteiger partial charge in [-0.2, -0.15) is 0 Å². The summed E-state index contributed by atoms with van der Waals surface area (Å²) in [6.07, 6.45) is 0.133. The van der Waals surface area contributed by atoms with Crippen LogP contribution in [0.25, 0.3) is 0 Å². The third-order valence-corrected chi connectivity index (χ3v) is 0.976. The average Bonchev–Trinajstić information content (AvgIpc) is 1.68. The van der Waals surface area contributed by atoms with Crippen molar-refractivity contribution in [3.8, 4) is 0 Å². The van der Waals surface area contributed by atoms with Crippen molar-refractivity contribution in [2.45, 2.75) is 6.92 Å². The molecule has 0 aromatic rings. The molecule has 0 aromatic heterocycles. The fourth-order valence-corrected chi connectivity index (χ4v) is 0.508. The maximum atomic E-state index is 10.3. The number of hydrogen-bond acceptors (Lipinski definition) is 3. The largest absolute Gasteiger partial charge is 0.466 e. The molecule has 1 atom stereocenters. The first kappa shape index (κ1) is 7.86. The molecule has 0 spiro atoms. The van der Waals surface area contributed by atoms with Gasteiger partial charge in [0.2, 0.25) is 0 Å². The van der Waals surface area contributed by atoms with Gasteiger partial charge in [-0.3, -0.25) is 4.79 Å². The first-order valence-corrected chi connectivity index (χ1v) is 3.49. The summed E-state index contributed by atoms with van der Waals surface area (Å²) in [4.78, 5) is 18.5. The van der Waals surface area contributed by atoms with Crippen LogP contribution in [0.4, 0.5) is 0 Å². The Kier molecular flexibility index (Phi) is 4.92. The van der Waals surface area contributed by atoms with Crippen LogP contribution >= 0.6 is 8.81 Å². The minimum Gasteiger partial charge on any atom is -0.466 e. The molecule has 0 aliphatic carbocycles. The Balaban J connectivity index is 3.06. The molecule has 0 aliphatic heterocycles. The predicted molar refractivity (Wildman–Crippen MR) is 32.0 cm³/mol. The first-order valence-electron chi connectivity index (χ1n) is 2.33. The zero-order valence-electron chi connectivity index (χ0n) is 4.68. The molecule has 4 heteroatoms. The van der Waals surface area contributed by atoms with Crippen molar-refractivity contribution in [2.24, 2.45) is 0 Å². The van der Waals surface area contributed by atoms with E-state index in [0.717, 1.165) is 0 Å². The molecule has 8 heavy (non-hydrogen) atoms. The highest BCUT2D eigenvalue weighted by Gasteiger charge is 1.96. The van der Waals surface area contributed by atoms with Crippen molar-refractivity contribution < 1.29 is 14.4 Å². The second-order valence-corrected chi connectivity index (χ2v) is 1.81. The molecule has 0 saturated heterocycles. The quantitative estimate of drug-likeness (QED) is 0.443. The standard InChI is InChI=1S/C4H9O3P/c1-2-7-4(5)3-8-6/h6,8H,2-3H2,1H3. The Morgan fingerprint density at radius 2 is 2.50 bits per heavy atom. The SMILES string of the molecule is CCOC(=O)CPO. The average molecular weight is 136 g/mol. The molecule has 0 heterocycles. The molecule has 0 saturated carbocycles. The Hall–Kier alpha value is -0.140. The molecule has 0 aliphatic rings. The molecule has 0 fully saturated rings. The molecule has 0 radical (unpaired) electrons. The van der Waals surface area contributed by atoms with E-state index < -0.39 is 0 Å². The van der Waals surface area contributed by atoms with Gasteiger partial charge in [-0.15, -0.1) is 0 Å². The van der Waals surface area contributed by atoms with Crippen LogP contribution in [0.2, 0.25) is 0 Å². The van der Waals surface area contributed by atoms with Crippen LogP contribution in [0.5, 0.6) is 0 Å². The second-order valence-electron chi connectivity index (χ2n) is 1.14. The lowest BCUT2D eigenvalue weighted by Crippen LogP contribution is -2.04. The number of carbonyl (C=O) groups is 1. The van der Waals surface area contributed by atoms with Crippen LogP contribution in [0.3, 0.4) is 0 Å². The van der Waals surface area contributed by atoms with Crippen LogP contribution < -0.4 is 0 Å². The molecular weight excluding hydrogens is 127 g/mol. The normalized spacial score (nSPS) is 10.2. The fraction of sp³-hybridized carbons (Fsp3) is 0.750. The summed E-state index contributed by atoms with van der Waals surface area (Å²) >= 11 is 0. The highest BCUT2D eigenvalue weighted by atomic mass is 31.1. The van der Waals surface area contributed by atoms with E-state index in [-0.39, 0.29) is 20.9 Å². The molecule has 1 unspecified atom stereocenters. The summed E-state index contributed by atoms with van der Waals surface area (Å²) in [6.45, 7) is 2.13. The second kappa shape index (κ2) is 5.01. The van der Waals surface area contributed by atoms with Crippen LogP contribution in [-0.2, 0) is 9.53 Å². The van der Waals surface area contributed by atoms with Gasteiger partial charge in [-0.05, 0) is 6.92 Å². The van der Waals surface area contributed by atoms with E-state index in [9.17, 15) is 4.79 Å². The smallest absolute Gasteiger partial charge is 0.312 e. The van der Waals surface area contributed by atoms with Gasteiger partial charge in [0, 0.05) is 8.81 Å². The monoisotopic (exact) mass is 136 g/mol. The highest BCUT2D eigenvalue weighted by molar-refractivity contribution is 7.32. The van der Waals surface area contributed by atoms with Gasteiger partial charge in [-0.1, -0.05) is 0 Å². The van der Waals surface area contributed by atoms with Gasteiger partial charge in [0.15, 0.2) is 0 Å². The number of esters is 1. The fourth-order valence-electron chi connectivity index (χ4n) is 0.277. The van der Waals surface area contributed by atoms with E-state index in [1.165, 1.54) is 0 Å². The van der Waals surface area contributed by atoms with Crippen molar-refractivity contribution >= 4 is 14.8 Å². The first-order chi connectivity index (χ1) is 3.81. The van der Waals surface area contributed by atoms with Crippen molar-refractivity contribution in [1.82, 2.24) is 0 Å². The van der Waals surface area contributed by atoms with Gasteiger partial charge in [0.25, 0.3) is 0 Å². The van der Waals surface area contributed by atoms with Crippen molar-refractivity contribution in [3.05, 3.63) is 0 Å². The topological polar surface area (TPSA) is 46.5 Å². The molecule has 48 valence electrons. The van der Waals surface area contributed by atoms with E-state index in [0.29, 0.717) is 6.61 Å². The minimum atomic E-state index is -0.327. The Morgan fingerprint density at radius 1 is 1.88 bits per heavy atom. The van der Waals surface area contributed by atoms with E-state index >= 15 is 0 Å². The van der Waals surface area contributed by atoms with Gasteiger partial charge >= 0.3 is 5.97 Å². The molecule has 3 nitrogen and oxygen atoms in total. The van der Waals surface area contributed by atoms with Crippen molar-refractivity contribution in [1.29, 1.82) is 0 Å². The highest BCUT2D eigenvalue weighted by Crippen LogP contribution is 1.99. The van der Waals surface area contributed by atoms with Gasteiger partial charge in [0.1, 0.15) is 0 Å². The number of rotatable bonds is 3. The maximum Gasteiger partial charge on any atom is 0.312 e. The Labute approximate surface area is 49.9 Å². The van der Waals surface area contributed by atoms with Crippen LogP contribution in [-0.4, -0.2) is 23.6 Å². The zero-order chi connectivity index (χ0) is 6.41. The molecular formula is C4H9O3P. The summed E-state index contributed by atoms with van der Waals surface area (Å²) in [5.74, 6) is -0.326. The van der Waals surface area contributed by atoms with Crippen LogP contribution in [0.1, 0.15) is 6.92 Å². The van der Waals surface area contributed by atoms with Gasteiger partial charge < -0.3 is 9.63 Å². The number of carbonyl (C=O) groups excluding carboxylic acids is 1. The minimum absolute atomic E-state index is 0.133. The lowest BCUT2D eigenvalue weighted by molar-refractivity contribution is -0.139. The number of ether oxygens (including phenoxy) is 1. The third-order valence-electron chi connectivity index (χ3n) is 0.529. The summed E-state index contributed by atoms with van der Waals surface area (Å²) in [5, 5.41) is 0. The van der Waals surface area contributed by atoms with Gasteiger partial charge in [0.05, 0.1) is 12.8 Å². The molecule has 0 amide bonds. The van der Waals surface area contributed by atoms with Crippen molar-refractivity contribution in [3.63, 3.8) is 0 Å². The lowest BCUT2D eigenvalue weighted by atomic mass is 10.8. The summed E-state index contributed by atoms with van der Waals surface area (Å²) in [7, 11) is -0.327. The van der Waals surface area contributed by atoms with E-state index in [1.54, 1.807) is 6.92 Å². The van der Waals surface area contributed by atoms with E-state index in [1.807, 2.05) is 0 Å². The predicted octanol–water partition coefficient (Wildman–Crippen LogP) is 0.135. The summed E-state index contributed by atoms with van der Waals surface area (Å²) < 4.78 is 4.49. The van der Waals surface area contributed by atoms with Gasteiger partial charge in [-0.25, -0.2) is 0 Å². The Morgan fingerprint density at radius 3 is 2.88 bits per heavy atom. The van der Waals surface area contributed by atoms with E-state index in [2.05, 4.69) is 4.74 Å². The molecule has 0 bridgehead atoms. The lowest BCUT2D eigenvalue weighted by Gasteiger charge is -1.95. The van der Waals surface area contributed by atoms with Crippen LogP contribution in [0, 0.1) is 0 Å². The summed E-state index contributed by atoms with van der Waals surface area (Å²) in [5.41, 5.74) is 0. The maximum absolute atomic E-state index is 10.3. The molecule has 1 N–H and O–H groups in total. The van der Waals surface area contributed by atoms with Crippen LogP contribution in [0.15, 0.2) is 0 Å². The zero-order valence-corrected chi connectivity index (χ0v) is 5.68. The summed E-state index contributed by atoms with van der Waals surface area (Å²) in [6, 6.07) is 0. The Bertz CT molecular complexity index is 65.7. The molecule has 0 rings (SSSR count).